The zero-order chi connectivity index (χ0) is 24.3. The van der Waals surface area contributed by atoms with Crippen LogP contribution in [-0.4, -0.2) is 40.2 Å². The first kappa shape index (κ1) is 31.6. The normalized spacial score (nSPS) is 12.3. The summed E-state index contributed by atoms with van der Waals surface area (Å²) in [5.74, 6) is 0. The number of hydrogen-bond acceptors (Lipinski definition) is 3. The molecule has 0 heterocycles. The Kier molecular flexibility index (Phi) is 18.7. The van der Waals surface area contributed by atoms with Gasteiger partial charge in [-0.2, -0.15) is 8.42 Å². The molecule has 0 amide bonds. The van der Waals surface area contributed by atoms with Crippen molar-refractivity contribution in [2.24, 2.45) is 0 Å². The zero-order valence-electron chi connectivity index (χ0n) is 22.0. The van der Waals surface area contributed by atoms with Gasteiger partial charge in [-0.05, 0) is 30.9 Å². The van der Waals surface area contributed by atoms with Gasteiger partial charge in [-0.3, -0.25) is 4.18 Å². The topological polar surface area (TPSA) is 43.4 Å². The molecule has 0 aliphatic rings. The van der Waals surface area contributed by atoms with Crippen LogP contribution in [0.15, 0.2) is 29.2 Å². The molecule has 32 heavy (non-hydrogen) atoms. The molecule has 0 aromatic heterocycles. The molecule has 0 aliphatic carbocycles. The van der Waals surface area contributed by atoms with Gasteiger partial charge in [0.2, 0.25) is 0 Å². The summed E-state index contributed by atoms with van der Waals surface area (Å²) in [4.78, 5) is 0.328. The summed E-state index contributed by atoms with van der Waals surface area (Å²) < 4.78 is 29.2. The van der Waals surface area contributed by atoms with E-state index < -0.39 is 17.4 Å². The number of hydrogen-bond donors (Lipinski definition) is 0. The molecular formula is C27H53O3PS. The molecule has 0 saturated carbocycles. The average Bonchev–Trinajstić information content (AvgIpc) is 2.79. The van der Waals surface area contributed by atoms with E-state index in [9.17, 15) is 8.42 Å². The van der Waals surface area contributed by atoms with E-state index in [0.29, 0.717) is 4.90 Å². The minimum absolute atomic E-state index is 0.265. The maximum atomic E-state index is 12.1. The molecule has 3 nitrogen and oxygen atoms in total. The Bertz CT molecular complexity index is 651. The first-order valence-corrected chi connectivity index (χ1v) is 17.8. The molecule has 0 N–H and O–H groups in total. The third-order valence-electron chi connectivity index (χ3n) is 6.18. The van der Waals surface area contributed by atoms with Crippen molar-refractivity contribution in [2.75, 3.05) is 31.8 Å². The summed E-state index contributed by atoms with van der Waals surface area (Å²) in [5, 5.41) is 0. The Labute approximate surface area is 201 Å². The average molecular weight is 489 g/mol. The summed E-state index contributed by atoms with van der Waals surface area (Å²) in [7, 11) is -4.41. The third-order valence-corrected chi connectivity index (χ3v) is 12.3. The molecule has 0 aliphatic heterocycles. The summed E-state index contributed by atoms with van der Waals surface area (Å²) >= 11 is 0. The standard InChI is InChI=1S/C14H22O3S.C13H31P/c1-3-5-9-13-10-7-8-11-14(13)18(15,16)17-12-6-4-2;1-5-8-11-14(4,12-9-6-2)13-10-7-3/h7-8,10-11H,3-6,9,12H2,1-2H3;14H,5-13H2,1-4H3. The van der Waals surface area contributed by atoms with Crippen LogP contribution in [0.4, 0.5) is 0 Å². The summed E-state index contributed by atoms with van der Waals surface area (Å²) in [6.07, 6.45) is 17.9. The number of aryl methyl sites for hydroxylation is 1. The van der Waals surface area contributed by atoms with Crippen LogP contribution in [-0.2, 0) is 20.7 Å². The van der Waals surface area contributed by atoms with Crippen molar-refractivity contribution < 1.29 is 12.6 Å². The van der Waals surface area contributed by atoms with Gasteiger partial charge < -0.3 is 0 Å². The van der Waals surface area contributed by atoms with Gasteiger partial charge in [-0.1, -0.05) is 44.9 Å². The van der Waals surface area contributed by atoms with Gasteiger partial charge in [0.05, 0.1) is 11.5 Å². The second-order valence-electron chi connectivity index (χ2n) is 9.46. The van der Waals surface area contributed by atoms with E-state index in [1.807, 2.05) is 19.1 Å². The van der Waals surface area contributed by atoms with Crippen LogP contribution in [0.2, 0.25) is 0 Å². The number of unbranched alkanes of at least 4 members (excludes halogenated alkanes) is 5. The first-order chi connectivity index (χ1) is 15.3. The first-order valence-electron chi connectivity index (χ1n) is 13.3. The molecule has 190 valence electrons. The van der Waals surface area contributed by atoms with E-state index in [4.69, 9.17) is 4.18 Å². The third kappa shape index (κ3) is 14.0. The van der Waals surface area contributed by atoms with Crippen molar-refractivity contribution >= 4 is 17.4 Å². The van der Waals surface area contributed by atoms with E-state index in [1.54, 1.807) is 30.6 Å². The Morgan fingerprint density at radius 2 is 1.19 bits per heavy atom. The van der Waals surface area contributed by atoms with E-state index >= 15 is 0 Å². The van der Waals surface area contributed by atoms with Crippen LogP contribution in [0.25, 0.3) is 0 Å². The molecular weight excluding hydrogens is 435 g/mol. The molecule has 0 spiro atoms. The molecule has 0 bridgehead atoms. The SMILES string of the molecule is CCCCOS(=O)(=O)c1ccccc1CCCC.CCCC[PH](C)(CCCC)CCCC. The summed E-state index contributed by atoms with van der Waals surface area (Å²) in [6.45, 7) is 14.0. The van der Waals surface area contributed by atoms with Crippen LogP contribution in [0, 0.1) is 0 Å². The quantitative estimate of drug-likeness (QED) is 0.126. The van der Waals surface area contributed by atoms with Crippen LogP contribution in [0.3, 0.4) is 0 Å². The maximum absolute atomic E-state index is 12.1. The van der Waals surface area contributed by atoms with Crippen LogP contribution in [0.5, 0.6) is 0 Å². The van der Waals surface area contributed by atoms with Gasteiger partial charge in [-0.15, -0.1) is 0 Å². The van der Waals surface area contributed by atoms with Crippen LogP contribution >= 0.6 is 7.26 Å². The summed E-state index contributed by atoms with van der Waals surface area (Å²) in [5.41, 5.74) is 0.857. The molecule has 0 fully saturated rings. The Balaban J connectivity index is 0.000000622. The van der Waals surface area contributed by atoms with Crippen molar-refractivity contribution in [2.45, 2.75) is 110 Å². The molecule has 0 unspecified atom stereocenters. The van der Waals surface area contributed by atoms with Gasteiger partial charge in [0, 0.05) is 0 Å². The summed E-state index contributed by atoms with van der Waals surface area (Å²) in [6, 6.07) is 7.11. The fraction of sp³-hybridized carbons (Fsp3) is 0.778. The van der Waals surface area contributed by atoms with Gasteiger partial charge in [0.25, 0.3) is 10.1 Å². The predicted octanol–water partition coefficient (Wildman–Crippen LogP) is 8.30. The molecule has 0 radical (unpaired) electrons. The van der Waals surface area contributed by atoms with Gasteiger partial charge in [-0.25, -0.2) is 0 Å². The number of rotatable bonds is 17. The van der Waals surface area contributed by atoms with Crippen molar-refractivity contribution in [1.82, 2.24) is 0 Å². The number of benzene rings is 1. The molecule has 5 heteroatoms. The van der Waals surface area contributed by atoms with Crippen molar-refractivity contribution in [3.63, 3.8) is 0 Å². The molecule has 0 saturated heterocycles. The van der Waals surface area contributed by atoms with Gasteiger partial charge in [0.1, 0.15) is 0 Å². The predicted molar refractivity (Wildman–Crippen MR) is 147 cm³/mol. The van der Waals surface area contributed by atoms with E-state index in [-0.39, 0.29) is 6.61 Å². The Morgan fingerprint density at radius 1 is 0.719 bits per heavy atom. The minimum atomic E-state index is -3.59. The second kappa shape index (κ2) is 18.9. The fourth-order valence-electron chi connectivity index (χ4n) is 3.88. The van der Waals surface area contributed by atoms with E-state index in [2.05, 4.69) is 34.4 Å². The van der Waals surface area contributed by atoms with Crippen LogP contribution < -0.4 is 0 Å². The zero-order valence-corrected chi connectivity index (χ0v) is 23.9. The molecule has 1 aromatic rings. The Hall–Kier alpha value is -0.440. The van der Waals surface area contributed by atoms with Crippen molar-refractivity contribution in [1.29, 1.82) is 0 Å². The van der Waals surface area contributed by atoms with E-state index in [0.717, 1.165) is 37.7 Å². The van der Waals surface area contributed by atoms with Crippen molar-refractivity contribution in [3.8, 4) is 0 Å². The molecule has 1 aromatic carbocycles. The van der Waals surface area contributed by atoms with Gasteiger partial charge >= 0.3 is 91.7 Å². The molecule has 1 rings (SSSR count). The monoisotopic (exact) mass is 488 g/mol. The van der Waals surface area contributed by atoms with Crippen molar-refractivity contribution in [3.05, 3.63) is 29.8 Å². The van der Waals surface area contributed by atoms with Gasteiger partial charge in [0.15, 0.2) is 0 Å². The fourth-order valence-corrected chi connectivity index (χ4v) is 9.46. The Morgan fingerprint density at radius 3 is 1.66 bits per heavy atom. The molecule has 0 atom stereocenters. The van der Waals surface area contributed by atoms with Crippen LogP contribution in [0.1, 0.15) is 104 Å². The second-order valence-corrected chi connectivity index (χ2v) is 16.2. The van der Waals surface area contributed by atoms with E-state index in [1.165, 1.54) is 38.5 Å².